The third-order valence-corrected chi connectivity index (χ3v) is 7.35. The van der Waals surface area contributed by atoms with Crippen molar-refractivity contribution in [1.29, 1.82) is 0 Å². The molecule has 0 N–H and O–H groups in total. The smallest absolute Gasteiger partial charge is 0.203 e. The van der Waals surface area contributed by atoms with Crippen LogP contribution in [0.1, 0.15) is 0 Å². The van der Waals surface area contributed by atoms with E-state index in [1.807, 2.05) is 42.5 Å². The molecule has 0 aliphatic carbocycles. The highest BCUT2D eigenvalue weighted by Gasteiger charge is 2.29. The lowest BCUT2D eigenvalue weighted by molar-refractivity contribution is 0.325. The van der Waals surface area contributed by atoms with Crippen LogP contribution in [0.25, 0.3) is 0 Å². The van der Waals surface area contributed by atoms with Gasteiger partial charge in [-0.2, -0.15) is 0 Å². The van der Waals surface area contributed by atoms with E-state index in [-0.39, 0.29) is 0 Å². The molecule has 0 aliphatic heterocycles. The second kappa shape index (κ2) is 10.3. The Hall–Kier alpha value is -3.11. The van der Waals surface area contributed by atoms with Gasteiger partial charge in [-0.1, -0.05) is 30.3 Å². The summed E-state index contributed by atoms with van der Waals surface area (Å²) in [6.07, 6.45) is 0. The minimum atomic E-state index is -1.10. The van der Waals surface area contributed by atoms with E-state index in [4.69, 9.17) is 28.4 Å². The summed E-state index contributed by atoms with van der Waals surface area (Å²) >= 11 is 0. The van der Waals surface area contributed by atoms with Crippen molar-refractivity contribution in [3.8, 4) is 34.5 Å². The molecule has 31 heavy (non-hydrogen) atoms. The first-order valence-corrected chi connectivity index (χ1v) is 10.9. The summed E-state index contributed by atoms with van der Waals surface area (Å²) in [5.41, 5.74) is 0. The van der Waals surface area contributed by atoms with Gasteiger partial charge in [0.05, 0.1) is 42.7 Å². The largest absolute Gasteiger partial charge is 0.493 e. The van der Waals surface area contributed by atoms with Gasteiger partial charge in [0.1, 0.15) is 0 Å². The van der Waals surface area contributed by atoms with Gasteiger partial charge in [0, 0.05) is 10.6 Å². The van der Waals surface area contributed by atoms with E-state index < -0.39 is 7.92 Å². The van der Waals surface area contributed by atoms with Crippen LogP contribution in [0.15, 0.2) is 54.6 Å². The van der Waals surface area contributed by atoms with E-state index in [1.165, 1.54) is 0 Å². The molecule has 0 heterocycles. The maximum Gasteiger partial charge on any atom is 0.203 e. The Balaban J connectivity index is 2.36. The van der Waals surface area contributed by atoms with Crippen LogP contribution >= 0.6 is 7.92 Å². The van der Waals surface area contributed by atoms with Crippen LogP contribution < -0.4 is 44.3 Å². The molecular formula is C24H27O6P. The SMILES string of the molecule is COc1ccc(P(c2ccccc2)c2ccc(OC)c(OC)c2OC)c(OC)c1OC. The Morgan fingerprint density at radius 2 is 0.871 bits per heavy atom. The summed E-state index contributed by atoms with van der Waals surface area (Å²) in [4.78, 5) is 0. The number of hydrogen-bond acceptors (Lipinski definition) is 6. The fourth-order valence-corrected chi connectivity index (χ4v) is 6.03. The fourth-order valence-electron chi connectivity index (χ4n) is 3.51. The van der Waals surface area contributed by atoms with E-state index in [9.17, 15) is 0 Å². The number of ether oxygens (including phenoxy) is 6. The van der Waals surface area contributed by atoms with Crippen LogP contribution in [0.2, 0.25) is 0 Å². The first-order chi connectivity index (χ1) is 15.1. The highest BCUT2D eigenvalue weighted by atomic mass is 31.1. The van der Waals surface area contributed by atoms with Gasteiger partial charge in [-0.05, 0) is 37.5 Å². The van der Waals surface area contributed by atoms with E-state index >= 15 is 0 Å². The van der Waals surface area contributed by atoms with Crippen molar-refractivity contribution < 1.29 is 28.4 Å². The molecule has 0 aromatic heterocycles. The van der Waals surface area contributed by atoms with Gasteiger partial charge >= 0.3 is 0 Å². The van der Waals surface area contributed by atoms with E-state index in [1.54, 1.807) is 42.7 Å². The molecular weight excluding hydrogens is 415 g/mol. The van der Waals surface area contributed by atoms with Gasteiger partial charge in [-0.25, -0.2) is 0 Å². The second-order valence-corrected chi connectivity index (χ2v) is 8.53. The average molecular weight is 442 g/mol. The standard InChI is InChI=1S/C24H27O6P/c1-25-17-12-14-19(23(29-5)21(17)27-3)31(16-10-8-7-9-11-16)20-15-13-18(26-2)22(28-4)24(20)30-6/h7-15H,1-6H3. The first-order valence-electron chi connectivity index (χ1n) is 9.58. The van der Waals surface area contributed by atoms with Gasteiger partial charge in [0.25, 0.3) is 0 Å². The van der Waals surface area contributed by atoms with E-state index in [2.05, 4.69) is 12.1 Å². The molecule has 0 aliphatic rings. The van der Waals surface area contributed by atoms with Crippen LogP contribution in [0.3, 0.4) is 0 Å². The molecule has 0 saturated carbocycles. The third kappa shape index (κ3) is 4.21. The molecule has 3 aromatic rings. The van der Waals surface area contributed by atoms with Gasteiger partial charge in [0.15, 0.2) is 23.0 Å². The molecule has 164 valence electrons. The summed E-state index contributed by atoms with van der Waals surface area (Å²) in [6.45, 7) is 0. The molecule has 0 unspecified atom stereocenters. The molecule has 0 bridgehead atoms. The van der Waals surface area contributed by atoms with Gasteiger partial charge in [-0.15, -0.1) is 0 Å². The Morgan fingerprint density at radius 1 is 0.452 bits per heavy atom. The quantitative estimate of drug-likeness (QED) is 0.473. The van der Waals surface area contributed by atoms with Crippen LogP contribution in [-0.2, 0) is 0 Å². The summed E-state index contributed by atoms with van der Waals surface area (Å²) in [7, 11) is 8.58. The second-order valence-electron chi connectivity index (χ2n) is 6.38. The minimum Gasteiger partial charge on any atom is -0.493 e. The molecule has 0 amide bonds. The van der Waals surface area contributed by atoms with Crippen LogP contribution in [-0.4, -0.2) is 42.7 Å². The van der Waals surface area contributed by atoms with Crippen molar-refractivity contribution in [2.45, 2.75) is 0 Å². The van der Waals surface area contributed by atoms with Crippen LogP contribution in [0, 0.1) is 0 Å². The number of hydrogen-bond donors (Lipinski definition) is 0. The zero-order valence-electron chi connectivity index (χ0n) is 18.6. The minimum absolute atomic E-state index is 0.547. The van der Waals surface area contributed by atoms with Gasteiger partial charge in [-0.3, -0.25) is 0 Å². The third-order valence-electron chi connectivity index (χ3n) is 4.86. The molecule has 3 aromatic carbocycles. The Morgan fingerprint density at radius 3 is 1.23 bits per heavy atom. The Bertz CT molecular complexity index is 959. The molecule has 0 radical (unpaired) electrons. The van der Waals surface area contributed by atoms with Crippen LogP contribution in [0.4, 0.5) is 0 Å². The lowest BCUT2D eigenvalue weighted by Crippen LogP contribution is -2.24. The molecule has 7 heteroatoms. The summed E-state index contributed by atoms with van der Waals surface area (Å²) in [5, 5.41) is 3.05. The van der Waals surface area contributed by atoms with Crippen molar-refractivity contribution in [3.05, 3.63) is 54.6 Å². The molecule has 0 fully saturated rings. The lowest BCUT2D eigenvalue weighted by Gasteiger charge is -2.26. The van der Waals surface area contributed by atoms with Crippen molar-refractivity contribution in [1.82, 2.24) is 0 Å². The zero-order chi connectivity index (χ0) is 22.4. The Kier molecular flexibility index (Phi) is 7.48. The molecule has 6 nitrogen and oxygen atoms in total. The maximum atomic E-state index is 5.82. The Labute approximate surface area is 184 Å². The molecule has 0 atom stereocenters. The summed E-state index contributed by atoms with van der Waals surface area (Å²) in [6, 6.07) is 18.0. The van der Waals surface area contributed by atoms with Crippen molar-refractivity contribution >= 4 is 23.8 Å². The average Bonchev–Trinajstić information content (AvgIpc) is 2.83. The highest BCUT2D eigenvalue weighted by molar-refractivity contribution is 7.80. The summed E-state index contributed by atoms with van der Waals surface area (Å²) < 4.78 is 33.9. The van der Waals surface area contributed by atoms with E-state index in [0.717, 1.165) is 15.9 Å². The topological polar surface area (TPSA) is 55.4 Å². The highest BCUT2D eigenvalue weighted by Crippen LogP contribution is 2.48. The predicted molar refractivity (Wildman–Crippen MR) is 124 cm³/mol. The van der Waals surface area contributed by atoms with Crippen LogP contribution in [0.5, 0.6) is 34.5 Å². The van der Waals surface area contributed by atoms with Crippen molar-refractivity contribution in [2.75, 3.05) is 42.7 Å². The monoisotopic (exact) mass is 442 g/mol. The summed E-state index contributed by atoms with van der Waals surface area (Å²) in [5.74, 6) is 3.54. The zero-order valence-corrected chi connectivity index (χ0v) is 19.5. The van der Waals surface area contributed by atoms with E-state index in [0.29, 0.717) is 34.5 Å². The first kappa shape index (κ1) is 22.6. The molecule has 0 spiro atoms. The predicted octanol–water partition coefficient (Wildman–Crippen LogP) is 3.50. The lowest BCUT2D eigenvalue weighted by atomic mass is 10.3. The number of methoxy groups -OCH3 is 6. The number of benzene rings is 3. The van der Waals surface area contributed by atoms with Crippen molar-refractivity contribution in [3.63, 3.8) is 0 Å². The molecule has 3 rings (SSSR count). The normalized spacial score (nSPS) is 10.5. The maximum absolute atomic E-state index is 5.82. The van der Waals surface area contributed by atoms with Gasteiger partial charge in [0.2, 0.25) is 11.5 Å². The van der Waals surface area contributed by atoms with Crippen molar-refractivity contribution in [2.24, 2.45) is 0 Å². The number of rotatable bonds is 9. The fraction of sp³-hybridized carbons (Fsp3) is 0.250. The molecule has 0 saturated heterocycles. The van der Waals surface area contributed by atoms with Gasteiger partial charge < -0.3 is 28.4 Å².